The zero-order valence-electron chi connectivity index (χ0n) is 5.63. The molecule has 0 aliphatic heterocycles. The van der Waals surface area contributed by atoms with Gasteiger partial charge in [0.1, 0.15) is 0 Å². The molecular weight excluding hydrogens is 133 g/mol. The van der Waals surface area contributed by atoms with Crippen LogP contribution in [0.25, 0.3) is 0 Å². The predicted molar refractivity (Wildman–Crippen MR) is 34.6 cm³/mol. The van der Waals surface area contributed by atoms with Crippen LogP contribution in [0.3, 0.4) is 0 Å². The molecule has 0 bridgehead atoms. The molecule has 1 aromatic rings. The first kappa shape index (κ1) is 7.08. The Morgan fingerprint density at radius 3 is 2.90 bits per heavy atom. The van der Waals surface area contributed by atoms with Crippen molar-refractivity contribution in [3.8, 4) is 0 Å². The van der Waals surface area contributed by atoms with Crippen LogP contribution in [0.1, 0.15) is 11.3 Å². The summed E-state index contributed by atoms with van der Waals surface area (Å²) in [5, 5.41) is 0. The third-order valence-electron chi connectivity index (χ3n) is 1.27. The van der Waals surface area contributed by atoms with Crippen LogP contribution < -0.4 is 5.73 Å². The topological polar surface area (TPSA) is 51.8 Å². The van der Waals surface area contributed by atoms with E-state index in [0.717, 1.165) is 5.56 Å². The second kappa shape index (κ2) is 2.70. The largest absolute Gasteiger partial charge is 0.326 e. The highest BCUT2D eigenvalue weighted by Gasteiger charge is 1.98. The van der Waals surface area contributed by atoms with Gasteiger partial charge in [0.05, 0.1) is 0 Å². The van der Waals surface area contributed by atoms with E-state index in [1.165, 1.54) is 6.20 Å². The van der Waals surface area contributed by atoms with E-state index in [9.17, 15) is 4.39 Å². The van der Waals surface area contributed by atoms with Gasteiger partial charge in [-0.05, 0) is 6.92 Å². The SMILES string of the molecule is Cc1nc(F)ncc1CN. The first-order valence-corrected chi connectivity index (χ1v) is 2.92. The molecule has 0 fully saturated rings. The Labute approximate surface area is 58.1 Å². The summed E-state index contributed by atoms with van der Waals surface area (Å²) in [6, 6.07) is 0. The van der Waals surface area contributed by atoms with E-state index in [0.29, 0.717) is 12.2 Å². The third-order valence-corrected chi connectivity index (χ3v) is 1.27. The third kappa shape index (κ3) is 1.27. The summed E-state index contributed by atoms with van der Waals surface area (Å²) >= 11 is 0. The second-order valence-electron chi connectivity index (χ2n) is 1.95. The molecule has 0 spiro atoms. The highest BCUT2D eigenvalue weighted by atomic mass is 19.1. The van der Waals surface area contributed by atoms with Gasteiger partial charge in [-0.1, -0.05) is 0 Å². The number of nitrogens with two attached hydrogens (primary N) is 1. The molecule has 54 valence electrons. The van der Waals surface area contributed by atoms with Crippen LogP contribution in [0.5, 0.6) is 0 Å². The van der Waals surface area contributed by atoms with Crippen molar-refractivity contribution in [1.82, 2.24) is 9.97 Å². The predicted octanol–water partition coefficient (Wildman–Crippen LogP) is 0.383. The van der Waals surface area contributed by atoms with E-state index in [2.05, 4.69) is 9.97 Å². The molecule has 10 heavy (non-hydrogen) atoms. The van der Waals surface area contributed by atoms with Crippen molar-refractivity contribution in [3.63, 3.8) is 0 Å². The second-order valence-corrected chi connectivity index (χ2v) is 1.95. The first-order valence-electron chi connectivity index (χ1n) is 2.92. The lowest BCUT2D eigenvalue weighted by Crippen LogP contribution is -2.03. The molecule has 0 atom stereocenters. The zero-order valence-corrected chi connectivity index (χ0v) is 5.63. The van der Waals surface area contributed by atoms with Crippen molar-refractivity contribution in [3.05, 3.63) is 23.5 Å². The van der Waals surface area contributed by atoms with Crippen molar-refractivity contribution in [2.24, 2.45) is 5.73 Å². The van der Waals surface area contributed by atoms with Crippen molar-refractivity contribution in [2.45, 2.75) is 13.5 Å². The number of hydrogen-bond donors (Lipinski definition) is 1. The molecule has 1 heterocycles. The van der Waals surface area contributed by atoms with E-state index in [-0.39, 0.29) is 0 Å². The van der Waals surface area contributed by atoms with E-state index < -0.39 is 6.08 Å². The van der Waals surface area contributed by atoms with Crippen LogP contribution in [0, 0.1) is 13.0 Å². The Balaban J connectivity index is 3.07. The molecule has 0 aliphatic carbocycles. The normalized spacial score (nSPS) is 9.90. The number of aryl methyl sites for hydroxylation is 1. The maximum absolute atomic E-state index is 12.2. The van der Waals surface area contributed by atoms with Crippen molar-refractivity contribution >= 4 is 0 Å². The van der Waals surface area contributed by atoms with Gasteiger partial charge in [0.15, 0.2) is 0 Å². The lowest BCUT2D eigenvalue weighted by molar-refractivity contribution is 0.532. The van der Waals surface area contributed by atoms with E-state index in [1.54, 1.807) is 6.92 Å². The number of halogens is 1. The fourth-order valence-electron chi connectivity index (χ4n) is 0.664. The Morgan fingerprint density at radius 1 is 1.70 bits per heavy atom. The molecule has 0 aliphatic rings. The molecular formula is C6H8FN3. The minimum Gasteiger partial charge on any atom is -0.326 e. The van der Waals surface area contributed by atoms with E-state index >= 15 is 0 Å². The molecule has 2 N–H and O–H groups in total. The maximum atomic E-state index is 12.2. The highest BCUT2D eigenvalue weighted by molar-refractivity contribution is 5.13. The number of nitrogens with zero attached hydrogens (tertiary/aromatic N) is 2. The zero-order chi connectivity index (χ0) is 7.56. The van der Waals surface area contributed by atoms with Crippen LogP contribution >= 0.6 is 0 Å². The quantitative estimate of drug-likeness (QED) is 0.575. The summed E-state index contributed by atoms with van der Waals surface area (Å²) in [5.41, 5.74) is 6.68. The van der Waals surface area contributed by atoms with Gasteiger partial charge < -0.3 is 5.73 Å². The summed E-state index contributed by atoms with van der Waals surface area (Å²) in [4.78, 5) is 6.84. The van der Waals surface area contributed by atoms with Crippen LogP contribution in [-0.4, -0.2) is 9.97 Å². The van der Waals surface area contributed by atoms with Crippen LogP contribution in [0.4, 0.5) is 4.39 Å². The summed E-state index contributed by atoms with van der Waals surface area (Å²) in [7, 11) is 0. The standard InChI is InChI=1S/C6H8FN3/c1-4-5(2-8)3-9-6(7)10-4/h3H,2,8H2,1H3. The van der Waals surface area contributed by atoms with Gasteiger partial charge in [-0.15, -0.1) is 0 Å². The lowest BCUT2D eigenvalue weighted by Gasteiger charge is -1.98. The van der Waals surface area contributed by atoms with Crippen molar-refractivity contribution in [1.29, 1.82) is 0 Å². The summed E-state index contributed by atoms with van der Waals surface area (Å²) < 4.78 is 12.2. The Morgan fingerprint density at radius 2 is 2.40 bits per heavy atom. The fourth-order valence-corrected chi connectivity index (χ4v) is 0.664. The van der Waals surface area contributed by atoms with Gasteiger partial charge in [0.25, 0.3) is 0 Å². The molecule has 0 radical (unpaired) electrons. The van der Waals surface area contributed by atoms with Crippen LogP contribution in [-0.2, 0) is 6.54 Å². The minimum atomic E-state index is -0.699. The Bertz CT molecular complexity index is 236. The summed E-state index contributed by atoms with van der Waals surface area (Å²) in [5.74, 6) is 0. The smallest absolute Gasteiger partial charge is 0.308 e. The molecule has 0 amide bonds. The van der Waals surface area contributed by atoms with Crippen LogP contribution in [0.15, 0.2) is 6.20 Å². The Kier molecular flexibility index (Phi) is 1.91. The molecule has 1 rings (SSSR count). The molecule has 4 heteroatoms. The molecule has 0 unspecified atom stereocenters. The van der Waals surface area contributed by atoms with E-state index in [1.807, 2.05) is 0 Å². The summed E-state index contributed by atoms with van der Waals surface area (Å²) in [6.45, 7) is 2.05. The monoisotopic (exact) mass is 141 g/mol. The Hall–Kier alpha value is -1.03. The van der Waals surface area contributed by atoms with Crippen molar-refractivity contribution in [2.75, 3.05) is 0 Å². The molecule has 0 aromatic carbocycles. The average molecular weight is 141 g/mol. The van der Waals surface area contributed by atoms with Crippen molar-refractivity contribution < 1.29 is 4.39 Å². The van der Waals surface area contributed by atoms with Gasteiger partial charge in [0, 0.05) is 24.0 Å². The molecule has 0 saturated carbocycles. The van der Waals surface area contributed by atoms with Gasteiger partial charge >= 0.3 is 6.08 Å². The number of hydrogen-bond acceptors (Lipinski definition) is 3. The van der Waals surface area contributed by atoms with Crippen LogP contribution in [0.2, 0.25) is 0 Å². The fraction of sp³-hybridized carbons (Fsp3) is 0.333. The van der Waals surface area contributed by atoms with Gasteiger partial charge in [-0.3, -0.25) is 0 Å². The molecule has 3 nitrogen and oxygen atoms in total. The highest BCUT2D eigenvalue weighted by Crippen LogP contribution is 2.00. The van der Waals surface area contributed by atoms with E-state index in [4.69, 9.17) is 5.73 Å². The van der Waals surface area contributed by atoms with Gasteiger partial charge in [-0.25, -0.2) is 9.97 Å². The molecule has 1 aromatic heterocycles. The number of aromatic nitrogens is 2. The average Bonchev–Trinajstić information content (AvgIpc) is 1.88. The lowest BCUT2D eigenvalue weighted by atomic mass is 10.2. The first-order chi connectivity index (χ1) is 4.74. The van der Waals surface area contributed by atoms with Gasteiger partial charge in [-0.2, -0.15) is 4.39 Å². The number of rotatable bonds is 1. The minimum absolute atomic E-state index is 0.353. The molecule has 0 saturated heterocycles. The van der Waals surface area contributed by atoms with Gasteiger partial charge in [0.2, 0.25) is 0 Å². The summed E-state index contributed by atoms with van der Waals surface area (Å²) in [6.07, 6.45) is 0.701. The maximum Gasteiger partial charge on any atom is 0.308 e.